The second kappa shape index (κ2) is 730. The summed E-state index contributed by atoms with van der Waals surface area (Å²) in [6.45, 7) is 0. The van der Waals surface area contributed by atoms with E-state index >= 15 is 0 Å². The van der Waals surface area contributed by atoms with Gasteiger partial charge in [0.15, 0.2) is 0 Å². The van der Waals surface area contributed by atoms with Gasteiger partial charge >= 0.3 is 0 Å². The van der Waals surface area contributed by atoms with Crippen molar-refractivity contribution in [2.75, 3.05) is 0 Å². The molecule has 0 amide bonds. The minimum Gasteiger partial charge on any atom is 0 e. The van der Waals surface area contributed by atoms with Gasteiger partial charge in [-0.2, -0.15) is 0 Å². The molecule has 0 aliphatic heterocycles. The normalized spacial score (nSPS) is 0. The van der Waals surface area contributed by atoms with E-state index in [1.807, 2.05) is 0 Å². The molecule has 0 N–H and O–H groups in total. The second-order valence-corrected chi connectivity index (χ2v) is 0. The Bertz CT molecular complexity index is 109. The van der Waals surface area contributed by atoms with E-state index < -0.39 is 0 Å². The molecule has 0 unspecified atom stereocenters. The summed E-state index contributed by atoms with van der Waals surface area (Å²) in [7, 11) is 0. The van der Waals surface area contributed by atoms with Gasteiger partial charge < -0.3 is 0 Å². The van der Waals surface area contributed by atoms with Crippen LogP contribution in [0, 0.1) is 0 Å². The van der Waals surface area contributed by atoms with E-state index in [-0.39, 0.29) is 697 Å². The molecule has 0 heterocycles. The Morgan fingerprint density at radius 3 is 0.100 bits per heavy atom. The Balaban J connectivity index is 0. The van der Waals surface area contributed by atoms with Gasteiger partial charge in [-0.25, -0.2) is 0 Å². The van der Waals surface area contributed by atoms with Crippen LogP contribution in [0.2, 0.25) is 0 Å². The summed E-state index contributed by atoms with van der Waals surface area (Å²) in [5, 5.41) is 0. The average Bonchev–Trinajstić information content (AvgIpc) is 0. The molecule has 0 saturated carbocycles. The van der Waals surface area contributed by atoms with Gasteiger partial charge in [-0.05, 0) is 0 Å². The zero-order chi connectivity index (χ0) is 0. The molecular formula is H32Mt8Pt16W16. The Hall–Kier alpha value is 14.0. The van der Waals surface area contributed by atoms with Gasteiger partial charge in [-0.15, -0.1) is 0 Å². The van der Waals surface area contributed by atoms with Crippen LogP contribution >= 0.6 is 0 Å². The van der Waals surface area contributed by atoms with Crippen LogP contribution < -0.4 is 0 Å². The molecule has 0 aromatic carbocycles. The summed E-state index contributed by atoms with van der Waals surface area (Å²) in [5.74, 6) is 0. The molecule has 0 radical (unpaired) electrons. The van der Waals surface area contributed by atoms with Crippen molar-refractivity contribution in [2.24, 2.45) is 0 Å². The third-order valence-electron chi connectivity index (χ3n) is 0. The molecule has 40 heavy (non-hydrogen) atoms. The van der Waals surface area contributed by atoms with E-state index in [1.165, 1.54) is 0 Å². The van der Waals surface area contributed by atoms with Crippen molar-refractivity contribution in [3.8, 4) is 0 Å². The summed E-state index contributed by atoms with van der Waals surface area (Å²) >= 11 is 0. The molecule has 0 nitrogen and oxygen atoms in total. The number of rotatable bonds is 0. The van der Waals surface area contributed by atoms with E-state index in [1.54, 1.807) is 0 Å². The number of hydrogen-bond donors (Lipinski definition) is 0. The topological polar surface area (TPSA) is 0 Å². The van der Waals surface area contributed by atoms with E-state index in [9.17, 15) is 0 Å². The standard InChI is InChI=1S/8Mt.16Pt.16W.16H2/h;;;;;;;;;;;;;;;;;;;;;;;;;;;;;;;;;;;;;;;;16*1H/i;;;;;;;;;;;;;;;;;;;;;;;;;;;;;;;;;;;;;;;;16*1+2. The van der Waals surface area contributed by atoms with Crippen LogP contribution in [0.1, 0.15) is 22.8 Å². The van der Waals surface area contributed by atoms with Gasteiger partial charge in [0.2, 0.25) is 0 Å². The second-order valence-electron chi connectivity index (χ2n) is 0. The first kappa shape index (κ1) is 772. The van der Waals surface area contributed by atoms with Gasteiger partial charge in [0.25, 0.3) is 0 Å². The minimum atomic E-state index is 0. The maximum absolute atomic E-state index is 0. The Kier molecular flexibility index (Phi) is 14100. The largest absolute Gasteiger partial charge is 0 e. The molecule has 0 bridgehead atoms. The molecule has 0 atom stereocenters. The Labute approximate surface area is 678 Å². The van der Waals surface area contributed by atoms with Crippen LogP contribution in [0.4, 0.5) is 0 Å². The van der Waals surface area contributed by atoms with Gasteiger partial charge in [0.05, 0.1) is 0 Å². The average molecular weight is 8350 g/mol. The van der Waals surface area contributed by atoms with Crippen LogP contribution in [-0.4, -0.2) is 0 Å². The molecule has 40 heteroatoms. The van der Waals surface area contributed by atoms with E-state index in [4.69, 9.17) is 0 Å². The van der Waals surface area contributed by atoms with Crippen molar-refractivity contribution in [3.05, 3.63) is 0 Å². The summed E-state index contributed by atoms with van der Waals surface area (Å²) in [4.78, 5) is 0. The predicted octanol–water partition coefficient (Wildman–Crippen LogP) is 3.86. The Morgan fingerprint density at radius 2 is 0.100 bits per heavy atom. The Morgan fingerprint density at radius 1 is 0.100 bits per heavy atom. The van der Waals surface area contributed by atoms with Crippen molar-refractivity contribution in [2.45, 2.75) is 0 Å². The summed E-state index contributed by atoms with van der Waals surface area (Å²) in [6.07, 6.45) is 0. The minimum absolute atomic E-state index is 0. The molecule has 0 fully saturated rings. The first-order chi connectivity index (χ1) is 0. The van der Waals surface area contributed by atoms with Crippen LogP contribution in [0.5, 0.6) is 0 Å². The van der Waals surface area contributed by atoms with Gasteiger partial charge in [-0.3, -0.25) is 0 Å². The molecular weight excluding hydrogens is 8290 g/mol. The molecule has 0 aromatic rings. The molecule has 304 valence electrons. The van der Waals surface area contributed by atoms with E-state index in [0.717, 1.165) is 0 Å². The summed E-state index contributed by atoms with van der Waals surface area (Å²) < 4.78 is 0. The van der Waals surface area contributed by atoms with Crippen molar-refractivity contribution in [1.82, 2.24) is 0 Å². The maximum atomic E-state index is 0. The molecule has 0 aromatic heterocycles. The van der Waals surface area contributed by atoms with Crippen LogP contribution in [0.15, 0.2) is 0 Å². The summed E-state index contributed by atoms with van der Waals surface area (Å²) in [6, 6.07) is 0. The maximum Gasteiger partial charge on any atom is 0 e. The van der Waals surface area contributed by atoms with Gasteiger partial charge in [0, 0.05) is 697 Å². The van der Waals surface area contributed by atoms with E-state index in [2.05, 4.69) is 0 Å². The molecule has 0 spiro atoms. The first-order valence-corrected chi connectivity index (χ1v) is 0. The predicted molar refractivity (Wildman–Crippen MR) is 33.8 cm³/mol. The zero-order valence-corrected chi connectivity index (χ0v) is 153. The third-order valence-corrected chi connectivity index (χ3v) is 0. The fraction of sp³-hybridized carbons (Fsp3) is 0. The quantitative estimate of drug-likeness (QED) is 0.347. The monoisotopic (exact) mass is 8350 g/mol. The van der Waals surface area contributed by atoms with Crippen LogP contribution in [0.25, 0.3) is 0 Å². The first-order valence-electron chi connectivity index (χ1n) is 0. The number of hydrogen-bond acceptors (Lipinski definition) is 0. The van der Waals surface area contributed by atoms with Gasteiger partial charge in [0.1, 0.15) is 0 Å². The van der Waals surface area contributed by atoms with E-state index in [0.29, 0.717) is 0 Å². The summed E-state index contributed by atoms with van der Waals surface area (Å²) in [5.41, 5.74) is 0. The van der Waals surface area contributed by atoms with Crippen molar-refractivity contribution < 1.29 is 697 Å². The van der Waals surface area contributed by atoms with Crippen LogP contribution in [0.3, 0.4) is 0 Å². The zero-order valence-electron chi connectivity index (χ0n) is 17.2. The van der Waals surface area contributed by atoms with Crippen LogP contribution in [-0.2, 0) is 674 Å². The van der Waals surface area contributed by atoms with Crippen molar-refractivity contribution >= 4 is 0 Å². The molecule has 0 aliphatic rings. The third kappa shape index (κ3) is 689. The smallest absolute Gasteiger partial charge is 0 e. The molecule has 0 aliphatic carbocycles. The SMILES string of the molecule is [3HH].[3HH].[3HH].[3HH].[3HH].[3HH].[3HH].[3HH].[3HH].[3HH].[3HH].[3HH].[3HH].[3HH].[3HH].[3HH].[Mt].[Mt].[Mt].[Mt].[Mt].[Mt].[Mt].[Mt].[Pt].[Pt].[Pt].[Pt].[Pt].[Pt].[Pt].[Pt].[Pt].[Pt].[Pt].[Pt].[Pt].[Pt].[Pt].[Pt].[W].[W].[W].[W].[W].[W].[W].[W].[W].[W].[W].[W].[W].[W].[W].[W]. The fourth-order valence-electron chi connectivity index (χ4n) is 0. The van der Waals surface area contributed by atoms with Crippen molar-refractivity contribution in [1.29, 1.82) is 0 Å². The van der Waals surface area contributed by atoms with Gasteiger partial charge in [-0.1, -0.05) is 0 Å². The fourth-order valence-corrected chi connectivity index (χ4v) is 0. The molecule has 0 rings (SSSR count). The van der Waals surface area contributed by atoms with Crippen molar-refractivity contribution in [3.63, 3.8) is 0 Å². The molecule has 0 saturated heterocycles.